The van der Waals surface area contributed by atoms with Crippen LogP contribution in [0.25, 0.3) is 17.1 Å². The largest absolute Gasteiger partial charge is 0.433 e. The highest BCUT2D eigenvalue weighted by Gasteiger charge is 2.38. The van der Waals surface area contributed by atoms with Crippen molar-refractivity contribution in [3.63, 3.8) is 0 Å². The van der Waals surface area contributed by atoms with Crippen LogP contribution < -0.4 is 4.74 Å². The van der Waals surface area contributed by atoms with E-state index in [1.165, 1.54) is 15.5 Å². The van der Waals surface area contributed by atoms with Gasteiger partial charge >= 0.3 is 18.4 Å². The van der Waals surface area contributed by atoms with Gasteiger partial charge in [-0.05, 0) is 30.3 Å². The highest BCUT2D eigenvalue weighted by molar-refractivity contribution is 5.90. The monoisotopic (exact) mass is 478 g/mol. The van der Waals surface area contributed by atoms with Gasteiger partial charge in [0.15, 0.2) is 5.75 Å². The number of aromatic amines is 1. The summed E-state index contributed by atoms with van der Waals surface area (Å²) in [5.74, 6) is -0.641. The fourth-order valence-corrected chi connectivity index (χ4v) is 4.16. The van der Waals surface area contributed by atoms with Crippen LogP contribution in [0, 0.1) is 0 Å². The lowest BCUT2D eigenvalue weighted by Gasteiger charge is -2.32. The van der Waals surface area contributed by atoms with Crippen molar-refractivity contribution in [3.8, 4) is 17.3 Å². The Morgan fingerprint density at radius 1 is 1.20 bits per heavy atom. The third-order valence-corrected chi connectivity index (χ3v) is 5.66. The summed E-state index contributed by atoms with van der Waals surface area (Å²) in [5.41, 5.74) is 2.62. The first-order valence-corrected chi connectivity index (χ1v) is 10.6. The first-order chi connectivity index (χ1) is 17.1. The van der Waals surface area contributed by atoms with E-state index in [9.17, 15) is 13.6 Å². The molecule has 1 N–H and O–H groups in total. The maximum Gasteiger partial charge on any atom is 0.387 e. The third kappa shape index (κ3) is 3.66. The second-order valence-corrected chi connectivity index (χ2v) is 7.69. The predicted octanol–water partition coefficient (Wildman–Crippen LogP) is 2.89. The minimum atomic E-state index is -2.99. The number of nitrogens with one attached hydrogen (secondary N) is 1. The highest BCUT2D eigenvalue weighted by Crippen LogP contribution is 2.35. The molecular formula is C22H16F2N8O3. The SMILES string of the molecule is O=C(c1nnc(-c2ccccn2)o1)N1CCc2[nH]cnc2[C@H]1c1cc2c(OC(F)F)cccn2n1. The quantitative estimate of drug-likeness (QED) is 0.409. The smallest absolute Gasteiger partial charge is 0.387 e. The maximum absolute atomic E-state index is 13.5. The lowest BCUT2D eigenvalue weighted by Crippen LogP contribution is -2.41. The average molecular weight is 478 g/mol. The van der Waals surface area contributed by atoms with Gasteiger partial charge in [-0.15, -0.1) is 10.2 Å². The number of amides is 1. The van der Waals surface area contributed by atoms with Crippen LogP contribution in [-0.4, -0.2) is 58.7 Å². The summed E-state index contributed by atoms with van der Waals surface area (Å²) in [6.07, 6.45) is 5.25. The van der Waals surface area contributed by atoms with Crippen LogP contribution in [0.15, 0.2) is 59.5 Å². The number of hydrogen-bond donors (Lipinski definition) is 1. The predicted molar refractivity (Wildman–Crippen MR) is 115 cm³/mol. The lowest BCUT2D eigenvalue weighted by atomic mass is 9.99. The molecule has 1 atom stereocenters. The summed E-state index contributed by atoms with van der Waals surface area (Å²) < 4.78 is 37.5. The molecule has 0 aromatic carbocycles. The highest BCUT2D eigenvalue weighted by atomic mass is 19.3. The number of rotatable bonds is 5. The number of carbonyl (C=O) groups excluding carboxylic acids is 1. The van der Waals surface area contributed by atoms with E-state index in [1.54, 1.807) is 49.1 Å². The van der Waals surface area contributed by atoms with E-state index in [2.05, 4.69) is 35.0 Å². The number of pyridine rings is 2. The van der Waals surface area contributed by atoms with Crippen LogP contribution >= 0.6 is 0 Å². The Hall–Kier alpha value is -4.68. The van der Waals surface area contributed by atoms with Crippen molar-refractivity contribution in [2.45, 2.75) is 19.1 Å². The first kappa shape index (κ1) is 20.9. The van der Waals surface area contributed by atoms with E-state index >= 15 is 0 Å². The molecule has 0 fully saturated rings. The van der Waals surface area contributed by atoms with Crippen LogP contribution in [0.2, 0.25) is 0 Å². The van der Waals surface area contributed by atoms with E-state index in [1.807, 2.05) is 0 Å². The number of fused-ring (bicyclic) bond motifs is 2. The number of hydrogen-bond acceptors (Lipinski definition) is 8. The number of ether oxygens (including phenoxy) is 1. The number of H-pyrrole nitrogens is 1. The third-order valence-electron chi connectivity index (χ3n) is 5.66. The summed E-state index contributed by atoms with van der Waals surface area (Å²) in [4.78, 5) is 26.7. The standard InChI is InChI=1S/C22H16F2N8O3/c23-22(24)34-16-5-3-8-32-15(16)10-14(30-32)18-17-12(26-11-27-17)6-9-31(18)21(33)20-29-28-19(35-20)13-4-1-2-7-25-13/h1-5,7-8,10-11,18,22H,6,9H2,(H,26,27)/t18-/m1/s1. The molecule has 0 spiro atoms. The number of alkyl halides is 2. The normalized spacial score (nSPS) is 15.5. The lowest BCUT2D eigenvalue weighted by molar-refractivity contribution is -0.0490. The van der Waals surface area contributed by atoms with Gasteiger partial charge in [-0.25, -0.2) is 9.50 Å². The van der Waals surface area contributed by atoms with Crippen molar-refractivity contribution in [1.82, 2.24) is 39.7 Å². The van der Waals surface area contributed by atoms with E-state index in [0.29, 0.717) is 35.6 Å². The Bertz CT molecular complexity index is 1510. The average Bonchev–Trinajstić information content (AvgIpc) is 3.63. The molecule has 1 aliphatic rings. The van der Waals surface area contributed by atoms with Crippen LogP contribution in [0.4, 0.5) is 8.78 Å². The molecule has 176 valence electrons. The fraction of sp³-hybridized carbons (Fsp3) is 0.182. The summed E-state index contributed by atoms with van der Waals surface area (Å²) >= 11 is 0. The molecule has 13 heteroatoms. The Morgan fingerprint density at radius 3 is 2.94 bits per heavy atom. The van der Waals surface area contributed by atoms with Gasteiger partial charge in [0, 0.05) is 31.1 Å². The Balaban J connectivity index is 1.40. The van der Waals surface area contributed by atoms with E-state index in [-0.39, 0.29) is 17.5 Å². The second-order valence-electron chi connectivity index (χ2n) is 7.69. The molecule has 1 amide bonds. The van der Waals surface area contributed by atoms with Crippen molar-refractivity contribution in [1.29, 1.82) is 0 Å². The molecule has 1 aliphatic heterocycles. The number of imidazole rings is 1. The van der Waals surface area contributed by atoms with Crippen LogP contribution in [-0.2, 0) is 6.42 Å². The molecule has 6 rings (SSSR count). The summed E-state index contributed by atoms with van der Waals surface area (Å²) in [6, 6.07) is 9.05. The molecule has 0 unspecified atom stereocenters. The maximum atomic E-state index is 13.5. The molecule has 0 saturated carbocycles. The molecule has 5 aromatic heterocycles. The number of halogens is 2. The molecule has 11 nitrogen and oxygen atoms in total. The fourth-order valence-electron chi connectivity index (χ4n) is 4.16. The van der Waals surface area contributed by atoms with Crippen molar-refractivity contribution in [2.24, 2.45) is 0 Å². The molecule has 35 heavy (non-hydrogen) atoms. The molecule has 6 heterocycles. The van der Waals surface area contributed by atoms with Gasteiger partial charge in [-0.3, -0.25) is 9.78 Å². The van der Waals surface area contributed by atoms with Crippen molar-refractivity contribution in [3.05, 3.63) is 78.1 Å². The topological polar surface area (TPSA) is 127 Å². The van der Waals surface area contributed by atoms with Crippen molar-refractivity contribution >= 4 is 11.4 Å². The number of carbonyl (C=O) groups is 1. The first-order valence-electron chi connectivity index (χ1n) is 10.6. The zero-order chi connectivity index (χ0) is 23.9. The van der Waals surface area contributed by atoms with Gasteiger partial charge < -0.3 is 19.0 Å². The van der Waals surface area contributed by atoms with Gasteiger partial charge in [0.05, 0.1) is 17.7 Å². The van der Waals surface area contributed by atoms with Gasteiger partial charge in [0.2, 0.25) is 0 Å². The van der Waals surface area contributed by atoms with Gasteiger partial charge in [-0.2, -0.15) is 13.9 Å². The number of aromatic nitrogens is 7. The molecular weight excluding hydrogens is 462 g/mol. The van der Waals surface area contributed by atoms with Crippen LogP contribution in [0.3, 0.4) is 0 Å². The van der Waals surface area contributed by atoms with Crippen molar-refractivity contribution < 1.29 is 22.7 Å². The van der Waals surface area contributed by atoms with Gasteiger partial charge in [0.1, 0.15) is 17.3 Å². The zero-order valence-electron chi connectivity index (χ0n) is 17.9. The van der Waals surface area contributed by atoms with E-state index in [0.717, 1.165) is 5.69 Å². The number of nitrogens with zero attached hydrogens (tertiary/aromatic N) is 7. The molecule has 0 bridgehead atoms. The Labute approximate surface area is 195 Å². The molecule has 5 aromatic rings. The minimum absolute atomic E-state index is 0.0332. The summed E-state index contributed by atoms with van der Waals surface area (Å²) in [7, 11) is 0. The Kier molecular flexibility index (Phi) is 4.94. The summed E-state index contributed by atoms with van der Waals surface area (Å²) in [6.45, 7) is -2.68. The van der Waals surface area contributed by atoms with Gasteiger partial charge in [-0.1, -0.05) is 6.07 Å². The molecule has 0 radical (unpaired) electrons. The summed E-state index contributed by atoms with van der Waals surface area (Å²) in [5, 5.41) is 12.4. The second kappa shape index (κ2) is 8.27. The van der Waals surface area contributed by atoms with Crippen LogP contribution in [0.1, 0.15) is 33.8 Å². The van der Waals surface area contributed by atoms with Gasteiger partial charge in [0.25, 0.3) is 5.89 Å². The van der Waals surface area contributed by atoms with Crippen LogP contribution in [0.5, 0.6) is 5.75 Å². The van der Waals surface area contributed by atoms with E-state index < -0.39 is 18.6 Å². The Morgan fingerprint density at radius 2 is 2.11 bits per heavy atom. The molecule has 0 aliphatic carbocycles. The van der Waals surface area contributed by atoms with Crippen molar-refractivity contribution in [2.75, 3.05) is 6.54 Å². The van der Waals surface area contributed by atoms with E-state index in [4.69, 9.17) is 4.42 Å². The molecule has 0 saturated heterocycles. The minimum Gasteiger partial charge on any atom is -0.433 e. The zero-order valence-corrected chi connectivity index (χ0v) is 17.9.